The molecule has 96 valence electrons. The zero-order chi connectivity index (χ0) is 13.8. The summed E-state index contributed by atoms with van der Waals surface area (Å²) >= 11 is 0. The van der Waals surface area contributed by atoms with Gasteiger partial charge in [-0.3, -0.25) is 4.98 Å². The number of aryl methyl sites for hydroxylation is 3. The molecule has 0 aliphatic carbocycles. The number of pyridine rings is 1. The number of hydrogen-bond donors (Lipinski definition) is 0. The van der Waals surface area contributed by atoms with E-state index in [4.69, 9.17) is 10.00 Å². The second-order valence-corrected chi connectivity index (χ2v) is 4.14. The molecular formula is C14H14N4O. The summed E-state index contributed by atoms with van der Waals surface area (Å²) in [7, 11) is 0. The summed E-state index contributed by atoms with van der Waals surface area (Å²) in [6, 6.07) is 7.49. The predicted molar refractivity (Wildman–Crippen MR) is 69.9 cm³/mol. The molecule has 0 aliphatic heterocycles. The third-order valence-corrected chi connectivity index (χ3v) is 2.56. The molecule has 5 heteroatoms. The summed E-state index contributed by atoms with van der Waals surface area (Å²) in [4.78, 5) is 12.6. The monoisotopic (exact) mass is 254 g/mol. The van der Waals surface area contributed by atoms with E-state index in [1.54, 1.807) is 13.0 Å². The first kappa shape index (κ1) is 13.0. The Hall–Kier alpha value is -2.48. The molecule has 0 radical (unpaired) electrons. The molecule has 0 bridgehead atoms. The molecule has 19 heavy (non-hydrogen) atoms. The van der Waals surface area contributed by atoms with Crippen LogP contribution >= 0.6 is 0 Å². The summed E-state index contributed by atoms with van der Waals surface area (Å²) in [6.45, 7) is 5.73. The molecule has 0 fully saturated rings. The number of rotatable bonds is 3. The molecule has 2 heterocycles. The van der Waals surface area contributed by atoms with Crippen molar-refractivity contribution in [3.05, 3.63) is 41.0 Å². The van der Waals surface area contributed by atoms with Gasteiger partial charge in [0.2, 0.25) is 0 Å². The number of nitrogens with zero attached hydrogens (tertiary/aromatic N) is 4. The molecule has 2 rings (SSSR count). The molecule has 2 aromatic heterocycles. The maximum absolute atomic E-state index is 8.88. The zero-order valence-corrected chi connectivity index (χ0v) is 11.1. The van der Waals surface area contributed by atoms with Crippen LogP contribution in [0.1, 0.15) is 29.7 Å². The molecule has 0 amide bonds. The van der Waals surface area contributed by atoms with Crippen molar-refractivity contribution in [2.75, 3.05) is 0 Å². The lowest BCUT2D eigenvalue weighted by molar-refractivity contribution is 0.432. The third kappa shape index (κ3) is 3.05. The lowest BCUT2D eigenvalue weighted by atomic mass is 10.2. The highest BCUT2D eigenvalue weighted by Gasteiger charge is 2.09. The Balaban J connectivity index is 2.36. The van der Waals surface area contributed by atoms with Crippen LogP contribution in [0.3, 0.4) is 0 Å². The Morgan fingerprint density at radius 3 is 2.63 bits per heavy atom. The van der Waals surface area contributed by atoms with Gasteiger partial charge in [-0.1, -0.05) is 6.92 Å². The fourth-order valence-electron chi connectivity index (χ4n) is 1.69. The van der Waals surface area contributed by atoms with Gasteiger partial charge < -0.3 is 4.74 Å². The third-order valence-electron chi connectivity index (χ3n) is 2.56. The van der Waals surface area contributed by atoms with Crippen LogP contribution in [-0.2, 0) is 6.42 Å². The standard InChI is InChI=1S/C14H14N4O/c1-4-12-13(6-5-9(2)16-12)19-14-17-10(3)7-11(8-15)18-14/h5-7H,4H2,1-3H3. The maximum Gasteiger partial charge on any atom is 0.323 e. The van der Waals surface area contributed by atoms with Crippen molar-refractivity contribution in [2.45, 2.75) is 27.2 Å². The van der Waals surface area contributed by atoms with Gasteiger partial charge in [0.05, 0.1) is 5.69 Å². The van der Waals surface area contributed by atoms with E-state index in [0.29, 0.717) is 17.1 Å². The molecule has 0 saturated carbocycles. The Kier molecular flexibility index (Phi) is 3.71. The van der Waals surface area contributed by atoms with Crippen molar-refractivity contribution in [3.8, 4) is 17.8 Å². The fourth-order valence-corrected chi connectivity index (χ4v) is 1.69. The summed E-state index contributed by atoms with van der Waals surface area (Å²) < 4.78 is 5.64. The Bertz CT molecular complexity index is 646. The van der Waals surface area contributed by atoms with E-state index in [-0.39, 0.29) is 6.01 Å². The molecule has 0 aromatic carbocycles. The smallest absolute Gasteiger partial charge is 0.323 e. The molecular weight excluding hydrogens is 240 g/mol. The largest absolute Gasteiger partial charge is 0.422 e. The van der Waals surface area contributed by atoms with Crippen molar-refractivity contribution in [1.82, 2.24) is 15.0 Å². The van der Waals surface area contributed by atoms with Crippen LogP contribution < -0.4 is 4.74 Å². The first-order chi connectivity index (χ1) is 9.12. The van der Waals surface area contributed by atoms with Gasteiger partial charge in [-0.15, -0.1) is 0 Å². The highest BCUT2D eigenvalue weighted by Crippen LogP contribution is 2.22. The molecule has 0 atom stereocenters. The van der Waals surface area contributed by atoms with Gasteiger partial charge >= 0.3 is 6.01 Å². The van der Waals surface area contributed by atoms with Crippen molar-refractivity contribution >= 4 is 0 Å². The Labute approximate surface area is 111 Å². The maximum atomic E-state index is 8.88. The SMILES string of the molecule is CCc1nc(C)ccc1Oc1nc(C)cc(C#N)n1. The average Bonchev–Trinajstić information content (AvgIpc) is 2.40. The Morgan fingerprint density at radius 2 is 1.95 bits per heavy atom. The minimum atomic E-state index is 0.178. The van der Waals surface area contributed by atoms with Crippen molar-refractivity contribution in [1.29, 1.82) is 5.26 Å². The van der Waals surface area contributed by atoms with E-state index in [2.05, 4.69) is 15.0 Å². The van der Waals surface area contributed by atoms with Gasteiger partial charge in [-0.25, -0.2) is 4.98 Å². The molecule has 0 saturated heterocycles. The van der Waals surface area contributed by atoms with Gasteiger partial charge in [0.15, 0.2) is 5.75 Å². The fraction of sp³-hybridized carbons (Fsp3) is 0.286. The molecule has 0 N–H and O–H groups in total. The van der Waals surface area contributed by atoms with Crippen LogP contribution in [0, 0.1) is 25.2 Å². The van der Waals surface area contributed by atoms with E-state index in [1.807, 2.05) is 32.0 Å². The Morgan fingerprint density at radius 1 is 1.16 bits per heavy atom. The molecule has 2 aromatic rings. The van der Waals surface area contributed by atoms with Crippen LogP contribution in [0.4, 0.5) is 0 Å². The summed E-state index contributed by atoms with van der Waals surface area (Å²) in [6.07, 6.45) is 0.758. The number of aromatic nitrogens is 3. The van der Waals surface area contributed by atoms with E-state index in [9.17, 15) is 0 Å². The molecule has 0 unspecified atom stereocenters. The van der Waals surface area contributed by atoms with E-state index >= 15 is 0 Å². The normalized spacial score (nSPS) is 10.0. The topological polar surface area (TPSA) is 71.7 Å². The summed E-state index contributed by atoms with van der Waals surface area (Å²) in [5.74, 6) is 0.627. The van der Waals surface area contributed by atoms with Gasteiger partial charge in [0, 0.05) is 11.4 Å². The van der Waals surface area contributed by atoms with Gasteiger partial charge in [0.25, 0.3) is 0 Å². The lowest BCUT2D eigenvalue weighted by Gasteiger charge is -2.09. The zero-order valence-electron chi connectivity index (χ0n) is 11.1. The van der Waals surface area contributed by atoms with E-state index in [0.717, 1.165) is 17.8 Å². The molecule has 5 nitrogen and oxygen atoms in total. The minimum absolute atomic E-state index is 0.178. The number of hydrogen-bond acceptors (Lipinski definition) is 5. The second-order valence-electron chi connectivity index (χ2n) is 4.14. The van der Waals surface area contributed by atoms with Crippen LogP contribution in [0.15, 0.2) is 18.2 Å². The highest BCUT2D eigenvalue weighted by molar-refractivity contribution is 5.32. The minimum Gasteiger partial charge on any atom is -0.422 e. The highest BCUT2D eigenvalue weighted by atomic mass is 16.5. The first-order valence-electron chi connectivity index (χ1n) is 6.02. The number of ether oxygens (including phenoxy) is 1. The van der Waals surface area contributed by atoms with Gasteiger partial charge in [-0.2, -0.15) is 10.2 Å². The van der Waals surface area contributed by atoms with Crippen LogP contribution in [0.2, 0.25) is 0 Å². The van der Waals surface area contributed by atoms with Crippen molar-refractivity contribution in [3.63, 3.8) is 0 Å². The average molecular weight is 254 g/mol. The number of nitriles is 1. The summed E-state index contributed by atoms with van der Waals surface area (Å²) in [5.41, 5.74) is 2.77. The van der Waals surface area contributed by atoms with Crippen LogP contribution in [0.25, 0.3) is 0 Å². The molecule has 0 spiro atoms. The van der Waals surface area contributed by atoms with E-state index < -0.39 is 0 Å². The van der Waals surface area contributed by atoms with Crippen molar-refractivity contribution in [2.24, 2.45) is 0 Å². The second kappa shape index (κ2) is 5.44. The predicted octanol–water partition coefficient (Wildman–Crippen LogP) is 2.71. The van der Waals surface area contributed by atoms with Gasteiger partial charge in [-0.05, 0) is 38.5 Å². The molecule has 0 aliphatic rings. The van der Waals surface area contributed by atoms with E-state index in [1.165, 1.54) is 0 Å². The van der Waals surface area contributed by atoms with Crippen LogP contribution in [0.5, 0.6) is 11.8 Å². The summed E-state index contributed by atoms with van der Waals surface area (Å²) in [5, 5.41) is 8.88. The lowest BCUT2D eigenvalue weighted by Crippen LogP contribution is -2.00. The van der Waals surface area contributed by atoms with Crippen molar-refractivity contribution < 1.29 is 4.74 Å². The van der Waals surface area contributed by atoms with Gasteiger partial charge in [0.1, 0.15) is 11.8 Å². The quantitative estimate of drug-likeness (QED) is 0.842. The van der Waals surface area contributed by atoms with Crippen LogP contribution in [-0.4, -0.2) is 15.0 Å². The first-order valence-corrected chi connectivity index (χ1v) is 6.02.